The highest BCUT2D eigenvalue weighted by Crippen LogP contribution is 2.44. The maximum Gasteiger partial charge on any atom is 0.241 e. The number of amides is 1. The van der Waals surface area contributed by atoms with Gasteiger partial charge in [0, 0.05) is 17.8 Å². The van der Waals surface area contributed by atoms with E-state index in [-0.39, 0.29) is 11.7 Å². The van der Waals surface area contributed by atoms with E-state index in [4.69, 9.17) is 0 Å². The van der Waals surface area contributed by atoms with Crippen molar-refractivity contribution in [2.75, 3.05) is 11.4 Å². The SMILES string of the molecule is O=C1c2ccccc2CCC12CCN(c1ccccc1)C2=O. The van der Waals surface area contributed by atoms with Gasteiger partial charge in [-0.25, -0.2) is 0 Å². The number of nitrogens with zero attached hydrogens (tertiary/aromatic N) is 1. The molecular formula is C19H17NO2. The molecule has 2 aromatic carbocycles. The number of carbonyl (C=O) groups excluding carboxylic acids is 2. The van der Waals surface area contributed by atoms with Crippen LogP contribution >= 0.6 is 0 Å². The number of ketones is 1. The smallest absolute Gasteiger partial charge is 0.241 e. The summed E-state index contributed by atoms with van der Waals surface area (Å²) in [6.45, 7) is 0.622. The predicted molar refractivity (Wildman–Crippen MR) is 84.9 cm³/mol. The van der Waals surface area contributed by atoms with Crippen LogP contribution in [0.3, 0.4) is 0 Å². The average Bonchev–Trinajstić information content (AvgIpc) is 2.90. The third-order valence-electron chi connectivity index (χ3n) is 5.00. The Morgan fingerprint density at radius 2 is 1.59 bits per heavy atom. The second kappa shape index (κ2) is 4.80. The maximum absolute atomic E-state index is 13.0. The molecule has 2 aromatic rings. The molecule has 4 rings (SSSR count). The summed E-state index contributed by atoms with van der Waals surface area (Å²) >= 11 is 0. The van der Waals surface area contributed by atoms with Crippen LogP contribution in [0.5, 0.6) is 0 Å². The number of anilines is 1. The molecule has 1 spiro atoms. The number of carbonyl (C=O) groups is 2. The van der Waals surface area contributed by atoms with Gasteiger partial charge in [-0.1, -0.05) is 42.5 Å². The number of hydrogen-bond donors (Lipinski definition) is 0. The van der Waals surface area contributed by atoms with Crippen molar-refractivity contribution in [3.8, 4) is 0 Å². The number of para-hydroxylation sites is 1. The second-order valence-electron chi connectivity index (χ2n) is 6.11. The fourth-order valence-electron chi connectivity index (χ4n) is 3.75. The first-order valence-corrected chi connectivity index (χ1v) is 7.72. The van der Waals surface area contributed by atoms with Crippen molar-refractivity contribution in [2.45, 2.75) is 19.3 Å². The van der Waals surface area contributed by atoms with Crippen molar-refractivity contribution in [3.63, 3.8) is 0 Å². The maximum atomic E-state index is 13.0. The van der Waals surface area contributed by atoms with Crippen LogP contribution in [-0.2, 0) is 11.2 Å². The molecule has 3 heteroatoms. The molecule has 0 N–H and O–H groups in total. The fraction of sp³-hybridized carbons (Fsp3) is 0.263. The minimum Gasteiger partial charge on any atom is -0.312 e. The van der Waals surface area contributed by atoms with E-state index in [0.29, 0.717) is 19.4 Å². The average molecular weight is 291 g/mol. The first-order chi connectivity index (χ1) is 10.7. The molecular weight excluding hydrogens is 274 g/mol. The number of Topliss-reactive ketones (excluding diaryl/α,β-unsaturated/α-hetero) is 1. The molecule has 0 saturated carbocycles. The molecule has 22 heavy (non-hydrogen) atoms. The van der Waals surface area contributed by atoms with E-state index in [2.05, 4.69) is 0 Å². The monoisotopic (exact) mass is 291 g/mol. The summed E-state index contributed by atoms with van der Waals surface area (Å²) in [7, 11) is 0. The van der Waals surface area contributed by atoms with E-state index >= 15 is 0 Å². The molecule has 0 radical (unpaired) electrons. The van der Waals surface area contributed by atoms with E-state index in [1.807, 2.05) is 54.6 Å². The Kier molecular flexibility index (Phi) is 2.89. The summed E-state index contributed by atoms with van der Waals surface area (Å²) in [4.78, 5) is 27.8. The van der Waals surface area contributed by atoms with Crippen LogP contribution in [0.2, 0.25) is 0 Å². The van der Waals surface area contributed by atoms with E-state index in [1.165, 1.54) is 0 Å². The molecule has 1 saturated heterocycles. The lowest BCUT2D eigenvalue weighted by atomic mass is 9.69. The molecule has 0 aromatic heterocycles. The largest absolute Gasteiger partial charge is 0.312 e. The fourth-order valence-corrected chi connectivity index (χ4v) is 3.75. The normalized spacial score (nSPS) is 23.9. The number of rotatable bonds is 1. The van der Waals surface area contributed by atoms with Crippen LogP contribution in [-0.4, -0.2) is 18.2 Å². The van der Waals surface area contributed by atoms with Gasteiger partial charge in [-0.05, 0) is 37.0 Å². The van der Waals surface area contributed by atoms with Crippen molar-refractivity contribution in [1.82, 2.24) is 0 Å². The summed E-state index contributed by atoms with van der Waals surface area (Å²) in [6, 6.07) is 17.3. The third-order valence-corrected chi connectivity index (χ3v) is 5.00. The van der Waals surface area contributed by atoms with Crippen LogP contribution in [0.25, 0.3) is 0 Å². The van der Waals surface area contributed by atoms with Crippen LogP contribution < -0.4 is 4.90 Å². The van der Waals surface area contributed by atoms with Gasteiger partial charge in [0.15, 0.2) is 5.78 Å². The highest BCUT2D eigenvalue weighted by molar-refractivity contribution is 6.20. The summed E-state index contributed by atoms with van der Waals surface area (Å²) in [5, 5.41) is 0. The van der Waals surface area contributed by atoms with Gasteiger partial charge in [-0.3, -0.25) is 9.59 Å². The first-order valence-electron chi connectivity index (χ1n) is 7.72. The Hall–Kier alpha value is -2.42. The molecule has 110 valence electrons. The number of fused-ring (bicyclic) bond motifs is 1. The van der Waals surface area contributed by atoms with E-state index in [0.717, 1.165) is 23.2 Å². The van der Waals surface area contributed by atoms with Crippen LogP contribution in [0.15, 0.2) is 54.6 Å². The molecule has 1 heterocycles. The molecule has 1 atom stereocenters. The van der Waals surface area contributed by atoms with Crippen molar-refractivity contribution in [1.29, 1.82) is 0 Å². The van der Waals surface area contributed by atoms with Gasteiger partial charge >= 0.3 is 0 Å². The van der Waals surface area contributed by atoms with Gasteiger partial charge in [0.2, 0.25) is 5.91 Å². The molecule has 0 bridgehead atoms. The molecule has 1 amide bonds. The number of aryl methyl sites for hydroxylation is 1. The van der Waals surface area contributed by atoms with Crippen molar-refractivity contribution >= 4 is 17.4 Å². The standard InChI is InChI=1S/C19H17NO2/c21-17-16-9-5-4-6-14(16)10-11-19(17)12-13-20(18(19)22)15-7-2-1-3-8-15/h1-9H,10-13H2. The summed E-state index contributed by atoms with van der Waals surface area (Å²) in [5.74, 6) is -0.0176. The third kappa shape index (κ3) is 1.75. The first kappa shape index (κ1) is 13.3. The minimum atomic E-state index is -0.843. The van der Waals surface area contributed by atoms with Crippen molar-refractivity contribution < 1.29 is 9.59 Å². The zero-order valence-electron chi connectivity index (χ0n) is 12.3. The van der Waals surface area contributed by atoms with Crippen LogP contribution in [0.4, 0.5) is 5.69 Å². The summed E-state index contributed by atoms with van der Waals surface area (Å²) in [6.07, 6.45) is 2.05. The Morgan fingerprint density at radius 1 is 0.864 bits per heavy atom. The van der Waals surface area contributed by atoms with E-state index in [9.17, 15) is 9.59 Å². The lowest BCUT2D eigenvalue weighted by Crippen LogP contribution is -2.43. The van der Waals surface area contributed by atoms with Crippen molar-refractivity contribution in [2.24, 2.45) is 5.41 Å². The molecule has 1 unspecified atom stereocenters. The molecule has 3 nitrogen and oxygen atoms in total. The quantitative estimate of drug-likeness (QED) is 0.756. The summed E-state index contributed by atoms with van der Waals surface area (Å²) in [5.41, 5.74) is 1.85. The Bertz CT molecular complexity index is 753. The predicted octanol–water partition coefficient (Wildman–Crippen LogP) is 3.24. The van der Waals surface area contributed by atoms with Crippen molar-refractivity contribution in [3.05, 3.63) is 65.7 Å². The molecule has 1 aliphatic carbocycles. The molecule has 1 aliphatic heterocycles. The topological polar surface area (TPSA) is 37.4 Å². The Morgan fingerprint density at radius 3 is 2.41 bits per heavy atom. The zero-order valence-corrected chi connectivity index (χ0v) is 12.3. The van der Waals surface area contributed by atoms with Gasteiger partial charge < -0.3 is 4.90 Å². The summed E-state index contributed by atoms with van der Waals surface area (Å²) < 4.78 is 0. The van der Waals surface area contributed by atoms with Gasteiger partial charge in [-0.15, -0.1) is 0 Å². The Labute approximate surface area is 129 Å². The van der Waals surface area contributed by atoms with Gasteiger partial charge in [0.05, 0.1) is 0 Å². The molecule has 2 aliphatic rings. The van der Waals surface area contributed by atoms with Crippen LogP contribution in [0, 0.1) is 5.41 Å². The second-order valence-corrected chi connectivity index (χ2v) is 6.11. The van der Waals surface area contributed by atoms with E-state index in [1.54, 1.807) is 4.90 Å². The lowest BCUT2D eigenvalue weighted by molar-refractivity contribution is -0.123. The zero-order chi connectivity index (χ0) is 15.2. The van der Waals surface area contributed by atoms with Gasteiger partial charge in [0.25, 0.3) is 0 Å². The van der Waals surface area contributed by atoms with E-state index < -0.39 is 5.41 Å². The van der Waals surface area contributed by atoms with Gasteiger partial charge in [-0.2, -0.15) is 0 Å². The highest BCUT2D eigenvalue weighted by atomic mass is 16.2. The van der Waals surface area contributed by atoms with Gasteiger partial charge in [0.1, 0.15) is 5.41 Å². The number of benzene rings is 2. The lowest BCUT2D eigenvalue weighted by Gasteiger charge is -2.31. The van der Waals surface area contributed by atoms with Crippen LogP contribution in [0.1, 0.15) is 28.8 Å². The number of hydrogen-bond acceptors (Lipinski definition) is 2. The minimum absolute atomic E-state index is 0.0118. The highest BCUT2D eigenvalue weighted by Gasteiger charge is 2.54. The Balaban J connectivity index is 1.72. The molecule has 1 fully saturated rings.